The van der Waals surface area contributed by atoms with Crippen LogP contribution in [0.25, 0.3) is 0 Å². The molecule has 0 amide bonds. The molecule has 154 valence electrons. The van der Waals surface area contributed by atoms with Crippen LogP contribution in [-0.4, -0.2) is 22.7 Å². The SMILES string of the molecule is CC(C)(C)OC(=O)Oc1cccc(Cc2ccccn2)c1C(=O)Oc1ccccc1. The lowest BCUT2D eigenvalue weighted by Gasteiger charge is -2.20. The minimum Gasteiger partial charge on any atom is -0.428 e. The first-order valence-electron chi connectivity index (χ1n) is 9.52. The van der Waals surface area contributed by atoms with Crippen LogP contribution in [0.3, 0.4) is 0 Å². The van der Waals surface area contributed by atoms with Crippen molar-refractivity contribution >= 4 is 12.1 Å². The smallest absolute Gasteiger partial charge is 0.428 e. The first-order chi connectivity index (χ1) is 14.3. The summed E-state index contributed by atoms with van der Waals surface area (Å²) in [6.45, 7) is 5.20. The first-order valence-corrected chi connectivity index (χ1v) is 9.52. The Balaban J connectivity index is 1.95. The molecule has 0 aliphatic carbocycles. The summed E-state index contributed by atoms with van der Waals surface area (Å²) in [5.41, 5.74) is 0.808. The van der Waals surface area contributed by atoms with E-state index < -0.39 is 17.7 Å². The molecule has 0 bridgehead atoms. The van der Waals surface area contributed by atoms with Gasteiger partial charge in [0.25, 0.3) is 0 Å². The first kappa shape index (κ1) is 21.0. The van der Waals surface area contributed by atoms with Crippen molar-refractivity contribution < 1.29 is 23.8 Å². The van der Waals surface area contributed by atoms with Crippen LogP contribution in [-0.2, 0) is 11.2 Å². The fourth-order valence-electron chi connectivity index (χ4n) is 2.75. The number of hydrogen-bond donors (Lipinski definition) is 0. The zero-order valence-electron chi connectivity index (χ0n) is 17.1. The Kier molecular flexibility index (Phi) is 6.47. The van der Waals surface area contributed by atoms with Gasteiger partial charge < -0.3 is 14.2 Å². The zero-order chi connectivity index (χ0) is 21.6. The number of aromatic nitrogens is 1. The van der Waals surface area contributed by atoms with Gasteiger partial charge in [-0.3, -0.25) is 4.98 Å². The van der Waals surface area contributed by atoms with Crippen molar-refractivity contribution in [3.05, 3.63) is 89.7 Å². The number of benzene rings is 2. The fraction of sp³-hybridized carbons (Fsp3) is 0.208. The van der Waals surface area contributed by atoms with E-state index in [9.17, 15) is 9.59 Å². The second kappa shape index (κ2) is 9.22. The van der Waals surface area contributed by atoms with Crippen molar-refractivity contribution in [2.24, 2.45) is 0 Å². The van der Waals surface area contributed by atoms with Gasteiger partial charge in [0.2, 0.25) is 0 Å². The third-order valence-electron chi connectivity index (χ3n) is 3.95. The van der Waals surface area contributed by atoms with E-state index in [1.807, 2.05) is 24.3 Å². The highest BCUT2D eigenvalue weighted by atomic mass is 16.7. The molecule has 6 nitrogen and oxygen atoms in total. The minimum absolute atomic E-state index is 0.0682. The number of carbonyl (C=O) groups excluding carboxylic acids is 2. The van der Waals surface area contributed by atoms with Crippen molar-refractivity contribution in [2.45, 2.75) is 32.8 Å². The molecule has 0 spiro atoms. The highest BCUT2D eigenvalue weighted by Crippen LogP contribution is 2.27. The number of hydrogen-bond acceptors (Lipinski definition) is 6. The third kappa shape index (κ3) is 5.91. The molecule has 1 heterocycles. The number of ether oxygens (including phenoxy) is 3. The second-order valence-corrected chi connectivity index (χ2v) is 7.56. The van der Waals surface area contributed by atoms with E-state index in [1.54, 1.807) is 63.4 Å². The lowest BCUT2D eigenvalue weighted by molar-refractivity contribution is 0.0204. The quantitative estimate of drug-likeness (QED) is 0.330. The van der Waals surface area contributed by atoms with Crippen LogP contribution in [0.4, 0.5) is 4.79 Å². The Hall–Kier alpha value is -3.67. The van der Waals surface area contributed by atoms with Crippen LogP contribution in [0, 0.1) is 0 Å². The molecule has 0 N–H and O–H groups in total. The molecular weight excluding hydrogens is 382 g/mol. The highest BCUT2D eigenvalue weighted by Gasteiger charge is 2.24. The Morgan fingerprint density at radius 2 is 1.60 bits per heavy atom. The molecule has 0 saturated heterocycles. The monoisotopic (exact) mass is 405 g/mol. The van der Waals surface area contributed by atoms with E-state index in [1.165, 1.54) is 6.07 Å². The number of esters is 1. The van der Waals surface area contributed by atoms with E-state index in [4.69, 9.17) is 14.2 Å². The van der Waals surface area contributed by atoms with Crippen molar-refractivity contribution in [3.8, 4) is 11.5 Å². The second-order valence-electron chi connectivity index (χ2n) is 7.56. The molecule has 0 aliphatic heterocycles. The van der Waals surface area contributed by atoms with Crippen LogP contribution in [0.1, 0.15) is 42.4 Å². The molecule has 0 radical (unpaired) electrons. The normalized spacial score (nSPS) is 10.9. The van der Waals surface area contributed by atoms with Gasteiger partial charge in [-0.1, -0.05) is 36.4 Å². The molecule has 0 unspecified atom stereocenters. The minimum atomic E-state index is -0.897. The average molecular weight is 405 g/mol. The van der Waals surface area contributed by atoms with Crippen LogP contribution >= 0.6 is 0 Å². The van der Waals surface area contributed by atoms with Gasteiger partial charge in [0, 0.05) is 18.3 Å². The van der Waals surface area contributed by atoms with E-state index in [2.05, 4.69) is 4.98 Å². The Morgan fingerprint density at radius 1 is 0.867 bits per heavy atom. The highest BCUT2D eigenvalue weighted by molar-refractivity contribution is 5.96. The predicted molar refractivity (Wildman–Crippen MR) is 112 cm³/mol. The maximum atomic E-state index is 13.0. The maximum absolute atomic E-state index is 13.0. The molecule has 0 saturated carbocycles. The molecule has 0 fully saturated rings. The third-order valence-corrected chi connectivity index (χ3v) is 3.95. The molecule has 6 heteroatoms. The van der Waals surface area contributed by atoms with Crippen LogP contribution in [0.15, 0.2) is 72.9 Å². The van der Waals surface area contributed by atoms with Gasteiger partial charge in [-0.05, 0) is 56.7 Å². The van der Waals surface area contributed by atoms with E-state index in [0.717, 1.165) is 5.69 Å². The number of para-hydroxylation sites is 1. The van der Waals surface area contributed by atoms with Gasteiger partial charge in [-0.25, -0.2) is 9.59 Å². The Labute approximate surface area is 175 Å². The standard InChI is InChI=1S/C24H23NO5/c1-24(2,3)30-23(27)29-20-14-9-10-17(16-18-11-7-8-15-25-18)21(20)22(26)28-19-12-5-4-6-13-19/h4-15H,16H2,1-3H3. The fourth-order valence-corrected chi connectivity index (χ4v) is 2.75. The van der Waals surface area contributed by atoms with E-state index >= 15 is 0 Å². The summed E-state index contributed by atoms with van der Waals surface area (Å²) in [5.74, 6) is -0.178. The summed E-state index contributed by atoms with van der Waals surface area (Å²) in [6, 6.07) is 19.3. The summed E-state index contributed by atoms with van der Waals surface area (Å²) < 4.78 is 16.1. The van der Waals surface area contributed by atoms with Gasteiger partial charge >= 0.3 is 12.1 Å². The molecule has 2 aromatic carbocycles. The number of nitrogens with zero attached hydrogens (tertiary/aromatic N) is 1. The van der Waals surface area contributed by atoms with Crippen molar-refractivity contribution in [1.29, 1.82) is 0 Å². The van der Waals surface area contributed by atoms with Crippen LogP contribution in [0.2, 0.25) is 0 Å². The number of rotatable bonds is 5. The summed E-state index contributed by atoms with van der Waals surface area (Å²) in [6.07, 6.45) is 1.15. The Morgan fingerprint density at radius 3 is 2.27 bits per heavy atom. The van der Waals surface area contributed by atoms with Crippen LogP contribution < -0.4 is 9.47 Å². The molecule has 30 heavy (non-hydrogen) atoms. The number of pyridine rings is 1. The van der Waals surface area contributed by atoms with Crippen molar-refractivity contribution in [2.75, 3.05) is 0 Å². The molecule has 0 atom stereocenters. The molecule has 3 aromatic rings. The van der Waals surface area contributed by atoms with Crippen molar-refractivity contribution in [1.82, 2.24) is 4.98 Å². The van der Waals surface area contributed by atoms with E-state index in [0.29, 0.717) is 17.7 Å². The summed E-state index contributed by atoms with van der Waals surface area (Å²) in [5, 5.41) is 0. The number of carbonyl (C=O) groups is 2. The lowest BCUT2D eigenvalue weighted by Crippen LogP contribution is -2.26. The molecule has 3 rings (SSSR count). The van der Waals surface area contributed by atoms with Gasteiger partial charge in [0.1, 0.15) is 22.7 Å². The van der Waals surface area contributed by atoms with E-state index in [-0.39, 0.29) is 11.3 Å². The summed E-state index contributed by atoms with van der Waals surface area (Å²) in [4.78, 5) is 29.6. The van der Waals surface area contributed by atoms with Gasteiger partial charge in [-0.2, -0.15) is 0 Å². The summed E-state index contributed by atoms with van der Waals surface area (Å²) >= 11 is 0. The van der Waals surface area contributed by atoms with Crippen molar-refractivity contribution in [3.63, 3.8) is 0 Å². The topological polar surface area (TPSA) is 74.7 Å². The van der Waals surface area contributed by atoms with Gasteiger partial charge in [0.05, 0.1) is 0 Å². The van der Waals surface area contributed by atoms with Crippen LogP contribution in [0.5, 0.6) is 11.5 Å². The molecular formula is C24H23NO5. The molecule has 1 aromatic heterocycles. The largest absolute Gasteiger partial charge is 0.514 e. The summed E-state index contributed by atoms with van der Waals surface area (Å²) in [7, 11) is 0. The molecule has 0 aliphatic rings. The average Bonchev–Trinajstić information content (AvgIpc) is 2.68. The lowest BCUT2D eigenvalue weighted by atomic mass is 10.0. The maximum Gasteiger partial charge on any atom is 0.514 e. The van der Waals surface area contributed by atoms with Gasteiger partial charge in [0.15, 0.2) is 0 Å². The zero-order valence-corrected chi connectivity index (χ0v) is 17.1. The Bertz CT molecular complexity index is 1010. The predicted octanol–water partition coefficient (Wildman–Crippen LogP) is 5.21. The van der Waals surface area contributed by atoms with Gasteiger partial charge in [-0.15, -0.1) is 0 Å².